The Kier molecular flexibility index (Phi) is 5.92. The molecule has 1 aliphatic heterocycles. The Labute approximate surface area is 262 Å². The number of H-pyrrole nitrogens is 1. The normalized spacial score (nSPS) is 12.1. The number of fused-ring (bicyclic) bond motifs is 6. The molecular weight excluding hydrogens is 544 g/mol. The molecule has 45 heavy (non-hydrogen) atoms. The van der Waals surface area contributed by atoms with Crippen molar-refractivity contribution in [2.75, 3.05) is 5.32 Å². The summed E-state index contributed by atoms with van der Waals surface area (Å²) >= 11 is 0. The van der Waals surface area contributed by atoms with Gasteiger partial charge in [0.15, 0.2) is 0 Å². The molecule has 2 N–H and O–H groups in total. The molecule has 0 aliphatic carbocycles. The molecule has 7 aromatic carbocycles. The summed E-state index contributed by atoms with van der Waals surface area (Å²) < 4.78 is 0. The van der Waals surface area contributed by atoms with Crippen molar-refractivity contribution in [2.45, 2.75) is 6.42 Å². The van der Waals surface area contributed by atoms with Gasteiger partial charge in [0, 0.05) is 39.6 Å². The van der Waals surface area contributed by atoms with Crippen molar-refractivity contribution in [3.05, 3.63) is 169 Å². The van der Waals surface area contributed by atoms with Gasteiger partial charge in [-0.15, -0.1) is 0 Å². The fourth-order valence-electron chi connectivity index (χ4n) is 7.28. The van der Waals surface area contributed by atoms with Crippen LogP contribution in [0.4, 0.5) is 11.4 Å². The number of aromatic nitrogens is 1. The van der Waals surface area contributed by atoms with E-state index in [2.05, 4.69) is 168 Å². The van der Waals surface area contributed by atoms with Gasteiger partial charge in [-0.2, -0.15) is 0 Å². The lowest BCUT2D eigenvalue weighted by Gasteiger charge is -2.28. The predicted molar refractivity (Wildman–Crippen MR) is 190 cm³/mol. The van der Waals surface area contributed by atoms with Crippen molar-refractivity contribution in [1.82, 2.24) is 4.98 Å². The number of hydrogen-bond donors (Lipinski definition) is 2. The zero-order valence-electron chi connectivity index (χ0n) is 24.7. The summed E-state index contributed by atoms with van der Waals surface area (Å²) in [5, 5.41) is 6.44. The Hall–Kier alpha value is -5.86. The number of anilines is 2. The van der Waals surface area contributed by atoms with Gasteiger partial charge in [-0.25, -0.2) is 0 Å². The largest absolute Gasteiger partial charge is 0.355 e. The zero-order valence-corrected chi connectivity index (χ0v) is 24.7. The third-order valence-electron chi connectivity index (χ3n) is 9.30. The van der Waals surface area contributed by atoms with Crippen LogP contribution in [-0.4, -0.2) is 4.98 Å². The molecule has 0 saturated carbocycles. The Morgan fingerprint density at radius 3 is 1.69 bits per heavy atom. The van der Waals surface area contributed by atoms with Crippen molar-refractivity contribution in [2.24, 2.45) is 0 Å². The fraction of sp³-hybridized carbons (Fsp3) is 0.0233. The van der Waals surface area contributed by atoms with E-state index in [9.17, 15) is 0 Å². The second-order valence-corrected chi connectivity index (χ2v) is 11.8. The van der Waals surface area contributed by atoms with Gasteiger partial charge in [0.05, 0.1) is 0 Å². The highest BCUT2D eigenvalue weighted by Crippen LogP contribution is 2.49. The standard InChI is InChI=1S/C43H30N2/c1-3-13-28(14-4-1)30-17-7-8-18-32(30)33-19-9-10-20-34(33)42-31(29-15-5-2-6-16-29)23-24-39-36(42)27-37-40(44-39)25-26-41-43(37)35-21-11-12-22-38(35)45-41/h1-26,44-45H,27H2. The number of hydrogen-bond acceptors (Lipinski definition) is 1. The van der Waals surface area contributed by atoms with Gasteiger partial charge in [-0.05, 0) is 79.9 Å². The Balaban J connectivity index is 1.32. The molecule has 0 atom stereocenters. The lowest BCUT2D eigenvalue weighted by atomic mass is 9.81. The average Bonchev–Trinajstić information content (AvgIpc) is 3.50. The van der Waals surface area contributed by atoms with E-state index in [0.29, 0.717) is 0 Å². The topological polar surface area (TPSA) is 27.8 Å². The molecule has 212 valence electrons. The first-order valence-electron chi connectivity index (χ1n) is 15.6. The highest BCUT2D eigenvalue weighted by Gasteiger charge is 2.26. The highest BCUT2D eigenvalue weighted by molar-refractivity contribution is 6.12. The summed E-state index contributed by atoms with van der Waals surface area (Å²) in [6.07, 6.45) is 0.835. The number of para-hydroxylation sites is 1. The SMILES string of the molecule is c1ccc(-c2ccccc2-c2ccccc2-c2c(-c3ccccc3)ccc3c2Cc2c(ccc4[nH]c5ccccc5c24)N3)cc1. The molecule has 9 rings (SSSR count). The highest BCUT2D eigenvalue weighted by atomic mass is 14.9. The van der Waals surface area contributed by atoms with Crippen molar-refractivity contribution in [1.29, 1.82) is 0 Å². The van der Waals surface area contributed by atoms with Crippen LogP contribution in [0.25, 0.3) is 66.3 Å². The van der Waals surface area contributed by atoms with Gasteiger partial charge >= 0.3 is 0 Å². The molecular formula is C43H30N2. The zero-order chi connectivity index (χ0) is 29.7. The second kappa shape index (κ2) is 10.4. The summed E-state index contributed by atoms with van der Waals surface area (Å²) in [6, 6.07) is 56.9. The first-order valence-corrected chi connectivity index (χ1v) is 15.6. The maximum Gasteiger partial charge on any atom is 0.0469 e. The summed E-state index contributed by atoms with van der Waals surface area (Å²) in [7, 11) is 0. The van der Waals surface area contributed by atoms with E-state index in [1.54, 1.807) is 0 Å². The van der Waals surface area contributed by atoms with E-state index in [1.165, 1.54) is 88.8 Å². The Morgan fingerprint density at radius 1 is 0.378 bits per heavy atom. The molecule has 2 heterocycles. The van der Waals surface area contributed by atoms with E-state index < -0.39 is 0 Å². The molecule has 0 bridgehead atoms. The molecule has 0 saturated heterocycles. The molecule has 2 nitrogen and oxygen atoms in total. The molecule has 1 aliphatic rings. The van der Waals surface area contributed by atoms with Crippen LogP contribution < -0.4 is 5.32 Å². The van der Waals surface area contributed by atoms with Crippen LogP contribution >= 0.6 is 0 Å². The van der Waals surface area contributed by atoms with Crippen molar-refractivity contribution in [3.63, 3.8) is 0 Å². The third-order valence-corrected chi connectivity index (χ3v) is 9.30. The lowest BCUT2D eigenvalue weighted by Crippen LogP contribution is -2.10. The first-order chi connectivity index (χ1) is 22.3. The maximum absolute atomic E-state index is 3.86. The van der Waals surface area contributed by atoms with Gasteiger partial charge in [-0.3, -0.25) is 0 Å². The minimum Gasteiger partial charge on any atom is -0.355 e. The van der Waals surface area contributed by atoms with E-state index in [1.807, 2.05) is 0 Å². The quantitative estimate of drug-likeness (QED) is 0.215. The van der Waals surface area contributed by atoms with Crippen molar-refractivity contribution < 1.29 is 0 Å². The number of aromatic amines is 1. The van der Waals surface area contributed by atoms with Crippen LogP contribution in [0.2, 0.25) is 0 Å². The molecule has 8 aromatic rings. The van der Waals surface area contributed by atoms with Crippen LogP contribution in [-0.2, 0) is 6.42 Å². The smallest absolute Gasteiger partial charge is 0.0469 e. The molecule has 0 unspecified atom stereocenters. The molecule has 1 aromatic heterocycles. The molecule has 0 fully saturated rings. The average molecular weight is 575 g/mol. The summed E-state index contributed by atoms with van der Waals surface area (Å²) in [5.74, 6) is 0. The molecule has 0 spiro atoms. The van der Waals surface area contributed by atoms with Crippen molar-refractivity contribution in [3.8, 4) is 44.5 Å². The monoisotopic (exact) mass is 574 g/mol. The molecule has 0 amide bonds. The maximum atomic E-state index is 3.86. The molecule has 2 heteroatoms. The fourth-order valence-corrected chi connectivity index (χ4v) is 7.28. The number of nitrogens with one attached hydrogen (secondary N) is 2. The van der Waals surface area contributed by atoms with E-state index in [-0.39, 0.29) is 0 Å². The lowest BCUT2D eigenvalue weighted by molar-refractivity contribution is 1.18. The van der Waals surface area contributed by atoms with Gasteiger partial charge in [0.2, 0.25) is 0 Å². The third kappa shape index (κ3) is 4.18. The van der Waals surface area contributed by atoms with Crippen molar-refractivity contribution >= 4 is 33.2 Å². The van der Waals surface area contributed by atoms with Crippen LogP contribution in [0.1, 0.15) is 11.1 Å². The Bertz CT molecular complexity index is 2360. The second-order valence-electron chi connectivity index (χ2n) is 11.8. The number of benzene rings is 7. The van der Waals surface area contributed by atoms with Crippen LogP contribution in [0, 0.1) is 0 Å². The van der Waals surface area contributed by atoms with E-state index >= 15 is 0 Å². The van der Waals surface area contributed by atoms with Crippen LogP contribution in [0.3, 0.4) is 0 Å². The first kappa shape index (κ1) is 25.6. The van der Waals surface area contributed by atoms with Crippen LogP contribution in [0.5, 0.6) is 0 Å². The van der Waals surface area contributed by atoms with E-state index in [4.69, 9.17) is 0 Å². The van der Waals surface area contributed by atoms with Gasteiger partial charge in [-0.1, -0.05) is 133 Å². The molecule has 0 radical (unpaired) electrons. The predicted octanol–water partition coefficient (Wildman–Crippen LogP) is 11.6. The summed E-state index contributed by atoms with van der Waals surface area (Å²) in [5.41, 5.74) is 17.3. The summed E-state index contributed by atoms with van der Waals surface area (Å²) in [6.45, 7) is 0. The van der Waals surface area contributed by atoms with Gasteiger partial charge < -0.3 is 10.3 Å². The van der Waals surface area contributed by atoms with Gasteiger partial charge in [0.25, 0.3) is 0 Å². The minimum absolute atomic E-state index is 0.835. The van der Waals surface area contributed by atoms with E-state index in [0.717, 1.165) is 6.42 Å². The van der Waals surface area contributed by atoms with Crippen LogP contribution in [0.15, 0.2) is 158 Å². The summed E-state index contributed by atoms with van der Waals surface area (Å²) in [4.78, 5) is 3.66. The Morgan fingerprint density at radius 2 is 0.933 bits per heavy atom. The number of rotatable bonds is 4. The van der Waals surface area contributed by atoms with Gasteiger partial charge in [0.1, 0.15) is 0 Å². The minimum atomic E-state index is 0.835.